The Bertz CT molecular complexity index is 568. The summed E-state index contributed by atoms with van der Waals surface area (Å²) < 4.78 is 11.5. The number of hydrogen-bond acceptors (Lipinski definition) is 3. The molecule has 0 spiro atoms. The first kappa shape index (κ1) is 13.5. The average Bonchev–Trinajstić information content (AvgIpc) is 2.86. The van der Waals surface area contributed by atoms with E-state index in [0.717, 1.165) is 42.6 Å². The van der Waals surface area contributed by atoms with Crippen molar-refractivity contribution in [1.82, 2.24) is 4.90 Å². The second kappa shape index (κ2) is 5.90. The van der Waals surface area contributed by atoms with E-state index in [4.69, 9.17) is 20.8 Å². The smallest absolute Gasteiger partial charge is 0.125 e. The third kappa shape index (κ3) is 3.00. The first-order chi connectivity index (χ1) is 9.74. The molecule has 3 rings (SSSR count). The van der Waals surface area contributed by atoms with Crippen LogP contribution in [0.2, 0.25) is 5.02 Å². The number of furan rings is 1. The molecule has 0 unspecified atom stereocenters. The maximum absolute atomic E-state index is 6.08. The number of benzene rings is 1. The van der Waals surface area contributed by atoms with E-state index in [0.29, 0.717) is 0 Å². The molecule has 1 aliphatic heterocycles. The van der Waals surface area contributed by atoms with Crippen molar-refractivity contribution in [2.45, 2.75) is 32.5 Å². The SMILES string of the molecule is CC[C@H]1CN(Cc2ccco2)Cc2ccc(Cl)cc2O1. The van der Waals surface area contributed by atoms with Gasteiger partial charge in [0.2, 0.25) is 0 Å². The average molecular weight is 292 g/mol. The van der Waals surface area contributed by atoms with Crippen molar-refractivity contribution >= 4 is 11.6 Å². The van der Waals surface area contributed by atoms with E-state index in [1.54, 1.807) is 6.26 Å². The van der Waals surface area contributed by atoms with Gasteiger partial charge in [0.1, 0.15) is 17.6 Å². The van der Waals surface area contributed by atoms with Gasteiger partial charge < -0.3 is 9.15 Å². The first-order valence-electron chi connectivity index (χ1n) is 6.94. The van der Waals surface area contributed by atoms with E-state index in [-0.39, 0.29) is 6.10 Å². The summed E-state index contributed by atoms with van der Waals surface area (Å²) >= 11 is 6.06. The summed E-state index contributed by atoms with van der Waals surface area (Å²) in [4.78, 5) is 2.35. The van der Waals surface area contributed by atoms with Gasteiger partial charge in [0.05, 0.1) is 12.8 Å². The minimum atomic E-state index is 0.185. The molecule has 0 fully saturated rings. The molecule has 0 saturated carbocycles. The van der Waals surface area contributed by atoms with Crippen molar-refractivity contribution < 1.29 is 9.15 Å². The molecule has 3 nitrogen and oxygen atoms in total. The molecule has 0 radical (unpaired) electrons. The van der Waals surface area contributed by atoms with Gasteiger partial charge in [-0.05, 0) is 30.7 Å². The third-order valence-electron chi connectivity index (χ3n) is 3.59. The van der Waals surface area contributed by atoms with Crippen LogP contribution in [0, 0.1) is 0 Å². The molecule has 0 saturated heterocycles. The van der Waals surface area contributed by atoms with Gasteiger partial charge in [0, 0.05) is 23.7 Å². The lowest BCUT2D eigenvalue weighted by atomic mass is 10.2. The highest BCUT2D eigenvalue weighted by Gasteiger charge is 2.22. The monoisotopic (exact) mass is 291 g/mol. The number of nitrogens with zero attached hydrogens (tertiary/aromatic N) is 1. The second-order valence-corrected chi connectivity index (χ2v) is 5.59. The van der Waals surface area contributed by atoms with Crippen molar-refractivity contribution in [3.8, 4) is 5.75 Å². The lowest BCUT2D eigenvalue weighted by molar-refractivity contribution is 0.134. The van der Waals surface area contributed by atoms with Crippen LogP contribution in [0.25, 0.3) is 0 Å². The van der Waals surface area contributed by atoms with Crippen LogP contribution in [0.4, 0.5) is 0 Å². The molecule has 0 N–H and O–H groups in total. The summed E-state index contributed by atoms with van der Waals surface area (Å²) in [7, 11) is 0. The molecular weight excluding hydrogens is 274 g/mol. The Morgan fingerprint density at radius 3 is 3.00 bits per heavy atom. The lowest BCUT2D eigenvalue weighted by Crippen LogP contribution is -2.31. The Morgan fingerprint density at radius 1 is 1.35 bits per heavy atom. The van der Waals surface area contributed by atoms with E-state index in [1.165, 1.54) is 5.56 Å². The maximum Gasteiger partial charge on any atom is 0.125 e. The van der Waals surface area contributed by atoms with Crippen LogP contribution in [-0.2, 0) is 13.1 Å². The first-order valence-corrected chi connectivity index (χ1v) is 7.32. The highest BCUT2D eigenvalue weighted by Crippen LogP contribution is 2.29. The molecule has 2 aromatic rings. The van der Waals surface area contributed by atoms with Crippen molar-refractivity contribution in [2.24, 2.45) is 0 Å². The van der Waals surface area contributed by atoms with Gasteiger partial charge in [-0.1, -0.05) is 24.6 Å². The largest absolute Gasteiger partial charge is 0.489 e. The second-order valence-electron chi connectivity index (χ2n) is 5.15. The molecule has 1 aliphatic rings. The molecular formula is C16H18ClNO2. The fourth-order valence-corrected chi connectivity index (χ4v) is 2.70. The molecule has 2 heterocycles. The number of rotatable bonds is 3. The molecule has 1 atom stereocenters. The quantitative estimate of drug-likeness (QED) is 0.851. The zero-order valence-electron chi connectivity index (χ0n) is 11.5. The Kier molecular flexibility index (Phi) is 3.99. The summed E-state index contributed by atoms with van der Waals surface area (Å²) in [5.41, 5.74) is 1.18. The number of halogens is 1. The van der Waals surface area contributed by atoms with Crippen LogP contribution < -0.4 is 4.74 Å². The van der Waals surface area contributed by atoms with Gasteiger partial charge in [0.15, 0.2) is 0 Å². The fourth-order valence-electron chi connectivity index (χ4n) is 2.53. The van der Waals surface area contributed by atoms with Crippen molar-refractivity contribution in [3.05, 3.63) is 52.9 Å². The topological polar surface area (TPSA) is 25.6 Å². The standard InChI is InChI=1S/C16H18ClNO2/c1-2-14-10-18(11-15-4-3-7-19-15)9-12-5-6-13(17)8-16(12)20-14/h3-8,14H,2,9-11H2,1H3/t14-/m0/s1. The highest BCUT2D eigenvalue weighted by atomic mass is 35.5. The van der Waals surface area contributed by atoms with Crippen LogP contribution in [-0.4, -0.2) is 17.5 Å². The Morgan fingerprint density at radius 2 is 2.25 bits per heavy atom. The van der Waals surface area contributed by atoms with Gasteiger partial charge in [-0.25, -0.2) is 0 Å². The minimum Gasteiger partial charge on any atom is -0.489 e. The van der Waals surface area contributed by atoms with E-state index in [9.17, 15) is 0 Å². The van der Waals surface area contributed by atoms with E-state index in [2.05, 4.69) is 11.8 Å². The highest BCUT2D eigenvalue weighted by molar-refractivity contribution is 6.30. The molecule has 0 bridgehead atoms. The minimum absolute atomic E-state index is 0.185. The van der Waals surface area contributed by atoms with Crippen LogP contribution in [0.15, 0.2) is 41.0 Å². The van der Waals surface area contributed by atoms with Crippen molar-refractivity contribution in [3.63, 3.8) is 0 Å². The molecule has 4 heteroatoms. The molecule has 0 aliphatic carbocycles. The van der Waals surface area contributed by atoms with E-state index in [1.807, 2.05) is 30.3 Å². The van der Waals surface area contributed by atoms with Crippen molar-refractivity contribution in [2.75, 3.05) is 6.54 Å². The van der Waals surface area contributed by atoms with E-state index >= 15 is 0 Å². The summed E-state index contributed by atoms with van der Waals surface area (Å²) in [6.45, 7) is 4.69. The maximum atomic E-state index is 6.08. The number of hydrogen-bond donors (Lipinski definition) is 0. The van der Waals surface area contributed by atoms with Crippen LogP contribution in [0.1, 0.15) is 24.7 Å². The summed E-state index contributed by atoms with van der Waals surface area (Å²) in [5, 5.41) is 0.720. The molecule has 106 valence electrons. The molecule has 1 aromatic carbocycles. The van der Waals surface area contributed by atoms with Gasteiger partial charge >= 0.3 is 0 Å². The van der Waals surface area contributed by atoms with Gasteiger partial charge in [0.25, 0.3) is 0 Å². The van der Waals surface area contributed by atoms with Crippen LogP contribution >= 0.6 is 11.6 Å². The van der Waals surface area contributed by atoms with E-state index < -0.39 is 0 Å². The summed E-state index contributed by atoms with van der Waals surface area (Å²) in [6.07, 6.45) is 2.87. The molecule has 0 amide bonds. The Labute approximate surface area is 124 Å². The van der Waals surface area contributed by atoms with Crippen LogP contribution in [0.3, 0.4) is 0 Å². The summed E-state index contributed by atoms with van der Waals surface area (Å²) in [5.74, 6) is 1.89. The van der Waals surface area contributed by atoms with Gasteiger partial charge in [-0.15, -0.1) is 0 Å². The van der Waals surface area contributed by atoms with Crippen LogP contribution in [0.5, 0.6) is 5.75 Å². The molecule has 1 aromatic heterocycles. The van der Waals surface area contributed by atoms with Gasteiger partial charge in [-0.3, -0.25) is 4.90 Å². The Balaban J connectivity index is 1.84. The summed E-state index contributed by atoms with van der Waals surface area (Å²) in [6, 6.07) is 9.81. The van der Waals surface area contributed by atoms with Gasteiger partial charge in [-0.2, -0.15) is 0 Å². The zero-order valence-corrected chi connectivity index (χ0v) is 12.3. The predicted octanol–water partition coefficient (Wildman–Crippen LogP) is 4.11. The number of fused-ring (bicyclic) bond motifs is 1. The fraction of sp³-hybridized carbons (Fsp3) is 0.375. The third-order valence-corrected chi connectivity index (χ3v) is 3.83. The normalized spacial score (nSPS) is 19.2. The zero-order chi connectivity index (χ0) is 13.9. The van der Waals surface area contributed by atoms with Crippen molar-refractivity contribution in [1.29, 1.82) is 0 Å². The Hall–Kier alpha value is -1.45. The number of ether oxygens (including phenoxy) is 1. The predicted molar refractivity (Wildman–Crippen MR) is 79.0 cm³/mol. The molecule has 20 heavy (non-hydrogen) atoms. The lowest BCUT2D eigenvalue weighted by Gasteiger charge is -2.22.